The summed E-state index contributed by atoms with van der Waals surface area (Å²) in [6, 6.07) is 8.02. The van der Waals surface area contributed by atoms with Crippen LogP contribution in [-0.2, 0) is 10.2 Å². The van der Waals surface area contributed by atoms with Gasteiger partial charge in [0.15, 0.2) is 0 Å². The van der Waals surface area contributed by atoms with Gasteiger partial charge in [0, 0.05) is 17.6 Å². The lowest BCUT2D eigenvalue weighted by Gasteiger charge is -2.23. The maximum atomic E-state index is 12.6. The van der Waals surface area contributed by atoms with Crippen LogP contribution < -0.4 is 0 Å². The van der Waals surface area contributed by atoms with E-state index < -0.39 is 0 Å². The molecule has 3 nitrogen and oxygen atoms in total. The van der Waals surface area contributed by atoms with E-state index in [9.17, 15) is 9.90 Å². The zero-order valence-corrected chi connectivity index (χ0v) is 11.7. The summed E-state index contributed by atoms with van der Waals surface area (Å²) in [7, 11) is 0. The number of rotatable bonds is 2. The molecule has 1 aromatic carbocycles. The quantitative estimate of drug-likeness (QED) is 0.908. The van der Waals surface area contributed by atoms with E-state index in [1.807, 2.05) is 29.2 Å². The van der Waals surface area contributed by atoms with Crippen LogP contribution in [0.1, 0.15) is 24.8 Å². The summed E-state index contributed by atoms with van der Waals surface area (Å²) in [4.78, 5) is 14.4. The number of nitrogens with zero attached hydrogens (tertiary/aromatic N) is 1. The molecule has 1 saturated carbocycles. The molecule has 1 amide bonds. The number of amides is 1. The molecule has 0 aromatic heterocycles. The molecule has 2 aliphatic rings. The maximum Gasteiger partial charge on any atom is 0.233 e. The van der Waals surface area contributed by atoms with E-state index in [0.29, 0.717) is 19.5 Å². The van der Waals surface area contributed by atoms with Crippen molar-refractivity contribution in [2.75, 3.05) is 13.1 Å². The summed E-state index contributed by atoms with van der Waals surface area (Å²) in [6.07, 6.45) is 2.22. The van der Waals surface area contributed by atoms with Gasteiger partial charge >= 0.3 is 0 Å². The van der Waals surface area contributed by atoms with Crippen LogP contribution in [0.3, 0.4) is 0 Å². The van der Waals surface area contributed by atoms with Gasteiger partial charge in [-0.2, -0.15) is 0 Å². The molecule has 18 heavy (non-hydrogen) atoms. The first-order valence-corrected chi connectivity index (χ1v) is 7.15. The summed E-state index contributed by atoms with van der Waals surface area (Å²) in [5.74, 6) is 0.192. The second-order valence-electron chi connectivity index (χ2n) is 5.29. The first-order valence-electron chi connectivity index (χ1n) is 6.35. The van der Waals surface area contributed by atoms with Gasteiger partial charge in [-0.3, -0.25) is 4.79 Å². The first-order chi connectivity index (χ1) is 8.62. The van der Waals surface area contributed by atoms with Gasteiger partial charge in [-0.25, -0.2) is 0 Å². The van der Waals surface area contributed by atoms with Crippen LogP contribution in [0.4, 0.5) is 0 Å². The summed E-state index contributed by atoms with van der Waals surface area (Å²) in [5, 5.41) is 9.55. The van der Waals surface area contributed by atoms with Gasteiger partial charge < -0.3 is 10.0 Å². The van der Waals surface area contributed by atoms with Gasteiger partial charge in [-0.05, 0) is 37.0 Å². The molecule has 1 saturated heterocycles. The number of hydrogen-bond donors (Lipinski definition) is 1. The van der Waals surface area contributed by atoms with E-state index in [-0.39, 0.29) is 17.4 Å². The molecule has 0 bridgehead atoms. The van der Waals surface area contributed by atoms with Crippen molar-refractivity contribution in [1.82, 2.24) is 4.90 Å². The minimum Gasteiger partial charge on any atom is -0.391 e. The first kappa shape index (κ1) is 12.2. The fourth-order valence-electron chi connectivity index (χ4n) is 2.77. The lowest BCUT2D eigenvalue weighted by atomic mass is 9.94. The predicted octanol–water partition coefficient (Wildman–Crippen LogP) is 2.07. The van der Waals surface area contributed by atoms with Crippen molar-refractivity contribution in [3.05, 3.63) is 34.3 Å². The number of hydrogen-bond acceptors (Lipinski definition) is 2. The number of likely N-dealkylation sites (tertiary alicyclic amines) is 1. The summed E-state index contributed by atoms with van der Waals surface area (Å²) in [6.45, 7) is 1.18. The van der Waals surface area contributed by atoms with Crippen molar-refractivity contribution in [1.29, 1.82) is 0 Å². The van der Waals surface area contributed by atoms with Crippen molar-refractivity contribution in [3.8, 4) is 0 Å². The predicted molar refractivity (Wildman–Crippen MR) is 72.3 cm³/mol. The largest absolute Gasteiger partial charge is 0.391 e. The van der Waals surface area contributed by atoms with Gasteiger partial charge in [0.25, 0.3) is 0 Å². The normalized spacial score (nSPS) is 25.2. The van der Waals surface area contributed by atoms with Gasteiger partial charge in [-0.1, -0.05) is 28.1 Å². The minimum absolute atomic E-state index is 0.192. The molecule has 3 rings (SSSR count). The van der Waals surface area contributed by atoms with Crippen LogP contribution in [0.15, 0.2) is 28.7 Å². The Balaban J connectivity index is 1.85. The standard InChI is InChI=1S/C14H16BrNO2/c15-11-3-1-2-10(8-11)14(5-6-14)13(18)16-7-4-12(17)9-16/h1-3,8,12,17H,4-7,9H2/t12-/m1/s1. The molecular formula is C14H16BrNO2. The van der Waals surface area contributed by atoms with Crippen LogP contribution in [0.25, 0.3) is 0 Å². The fraction of sp³-hybridized carbons (Fsp3) is 0.500. The third-order valence-corrected chi connectivity index (χ3v) is 4.48. The van der Waals surface area contributed by atoms with Crippen LogP contribution >= 0.6 is 15.9 Å². The Kier molecular flexibility index (Phi) is 2.94. The van der Waals surface area contributed by atoms with E-state index in [2.05, 4.69) is 15.9 Å². The number of aliphatic hydroxyl groups is 1. The molecule has 0 unspecified atom stereocenters. The van der Waals surface area contributed by atoms with E-state index >= 15 is 0 Å². The van der Waals surface area contributed by atoms with Crippen LogP contribution in [0.2, 0.25) is 0 Å². The Morgan fingerprint density at radius 2 is 2.22 bits per heavy atom. The third kappa shape index (κ3) is 1.97. The molecule has 0 spiro atoms. The highest BCUT2D eigenvalue weighted by molar-refractivity contribution is 9.10. The molecular weight excluding hydrogens is 294 g/mol. The molecule has 96 valence electrons. The number of carbonyl (C=O) groups excluding carboxylic acids is 1. The zero-order chi connectivity index (χ0) is 12.8. The highest BCUT2D eigenvalue weighted by atomic mass is 79.9. The number of halogens is 1. The van der Waals surface area contributed by atoms with Crippen molar-refractivity contribution < 1.29 is 9.90 Å². The Bertz CT molecular complexity index is 484. The smallest absolute Gasteiger partial charge is 0.233 e. The minimum atomic E-state index is -0.341. The van der Waals surface area contributed by atoms with Crippen molar-refractivity contribution >= 4 is 21.8 Å². The Morgan fingerprint density at radius 3 is 2.78 bits per heavy atom. The molecule has 1 aromatic rings. The van der Waals surface area contributed by atoms with Crippen LogP contribution in [0.5, 0.6) is 0 Å². The molecule has 1 atom stereocenters. The van der Waals surface area contributed by atoms with E-state index in [1.54, 1.807) is 0 Å². The zero-order valence-electron chi connectivity index (χ0n) is 10.1. The second-order valence-corrected chi connectivity index (χ2v) is 6.20. The Hall–Kier alpha value is -0.870. The van der Waals surface area contributed by atoms with Crippen molar-refractivity contribution in [2.45, 2.75) is 30.8 Å². The number of aliphatic hydroxyl groups excluding tert-OH is 1. The fourth-order valence-corrected chi connectivity index (χ4v) is 3.17. The maximum absolute atomic E-state index is 12.6. The van der Waals surface area contributed by atoms with Crippen LogP contribution in [0, 0.1) is 0 Å². The monoisotopic (exact) mass is 309 g/mol. The van der Waals surface area contributed by atoms with E-state index in [4.69, 9.17) is 0 Å². The number of carbonyl (C=O) groups is 1. The number of benzene rings is 1. The highest BCUT2D eigenvalue weighted by Gasteiger charge is 2.53. The van der Waals surface area contributed by atoms with Gasteiger partial charge in [0.1, 0.15) is 0 Å². The second kappa shape index (κ2) is 4.35. The van der Waals surface area contributed by atoms with Crippen molar-refractivity contribution in [2.24, 2.45) is 0 Å². The van der Waals surface area contributed by atoms with Gasteiger partial charge in [0.2, 0.25) is 5.91 Å². The molecule has 1 aliphatic carbocycles. The van der Waals surface area contributed by atoms with Crippen molar-refractivity contribution in [3.63, 3.8) is 0 Å². The lowest BCUT2D eigenvalue weighted by Crippen LogP contribution is -2.38. The summed E-state index contributed by atoms with van der Waals surface area (Å²) >= 11 is 3.46. The molecule has 2 fully saturated rings. The average Bonchev–Trinajstić information content (AvgIpc) is 3.06. The molecule has 1 N–H and O–H groups in total. The van der Waals surface area contributed by atoms with Gasteiger partial charge in [0.05, 0.1) is 11.5 Å². The summed E-state index contributed by atoms with van der Waals surface area (Å²) in [5.41, 5.74) is 0.789. The van der Waals surface area contributed by atoms with E-state index in [0.717, 1.165) is 22.9 Å². The number of β-amino-alcohol motifs (C(OH)–C–C–N with tert-alkyl or cyclic N) is 1. The third-order valence-electron chi connectivity index (χ3n) is 3.99. The van der Waals surface area contributed by atoms with Gasteiger partial charge in [-0.15, -0.1) is 0 Å². The Morgan fingerprint density at radius 1 is 1.44 bits per heavy atom. The molecule has 4 heteroatoms. The van der Waals surface area contributed by atoms with Crippen LogP contribution in [-0.4, -0.2) is 35.1 Å². The average molecular weight is 310 g/mol. The van der Waals surface area contributed by atoms with E-state index in [1.165, 1.54) is 0 Å². The topological polar surface area (TPSA) is 40.5 Å². The molecule has 1 heterocycles. The lowest BCUT2D eigenvalue weighted by molar-refractivity contribution is -0.133. The molecule has 1 aliphatic heterocycles. The Labute approximate surface area is 115 Å². The SMILES string of the molecule is O=C(N1CC[C@@H](O)C1)C1(c2cccc(Br)c2)CC1. The summed E-state index contributed by atoms with van der Waals surface area (Å²) < 4.78 is 1.01. The molecule has 0 radical (unpaired) electrons. The highest BCUT2D eigenvalue weighted by Crippen LogP contribution is 2.50.